The highest BCUT2D eigenvalue weighted by atomic mass is 35.5. The van der Waals surface area contributed by atoms with Crippen LogP contribution >= 0.6 is 11.6 Å². The number of aromatic nitrogens is 1. The summed E-state index contributed by atoms with van der Waals surface area (Å²) in [6.45, 7) is 7.85. The first-order chi connectivity index (χ1) is 16.4. The molecule has 1 saturated carbocycles. The Labute approximate surface area is 209 Å². The van der Waals surface area contributed by atoms with Gasteiger partial charge in [-0.15, -0.1) is 0 Å². The average molecular weight is 486 g/mol. The molecule has 1 heterocycles. The lowest BCUT2D eigenvalue weighted by Crippen LogP contribution is -2.66. The van der Waals surface area contributed by atoms with Crippen LogP contribution in [0.4, 0.5) is 0 Å². The van der Waals surface area contributed by atoms with Crippen LogP contribution in [-0.2, 0) is 10.8 Å². The first-order valence-electron chi connectivity index (χ1n) is 12.2. The topological polar surface area (TPSA) is 22.1 Å². The molecule has 0 bridgehead atoms. The molecule has 0 aliphatic heterocycles. The van der Waals surface area contributed by atoms with Gasteiger partial charge >= 0.3 is 0 Å². The summed E-state index contributed by atoms with van der Waals surface area (Å²) in [5.41, 5.74) is 2.34. The fraction of sp³-hybridized carbons (Fsp3) is 0.300. The third kappa shape index (κ3) is 4.45. The lowest BCUT2D eigenvalue weighted by molar-refractivity contribution is 0.274. The number of pyridine rings is 1. The van der Waals surface area contributed by atoms with Crippen LogP contribution in [0.1, 0.15) is 32.8 Å². The number of fused-ring (bicyclic) bond motifs is 1. The maximum absolute atomic E-state index is 7.17. The molecular formula is C30H32ClNOSi. The second-order valence-corrected chi connectivity index (χ2v) is 15.3. The smallest absolute Gasteiger partial charge is 0.261 e. The normalized spacial score (nSPS) is 18.2. The number of rotatable bonds is 7. The van der Waals surface area contributed by atoms with E-state index in [0.717, 1.165) is 23.6 Å². The van der Waals surface area contributed by atoms with E-state index < -0.39 is 8.32 Å². The molecule has 4 heteroatoms. The molecule has 0 radical (unpaired) electrons. The van der Waals surface area contributed by atoms with Crippen molar-refractivity contribution in [3.05, 3.63) is 102 Å². The maximum atomic E-state index is 7.17. The van der Waals surface area contributed by atoms with Gasteiger partial charge in [0, 0.05) is 23.2 Å². The van der Waals surface area contributed by atoms with Gasteiger partial charge in [-0.05, 0) is 63.9 Å². The van der Waals surface area contributed by atoms with E-state index in [1.54, 1.807) is 0 Å². The molecule has 0 N–H and O–H groups in total. The van der Waals surface area contributed by atoms with Gasteiger partial charge in [-0.3, -0.25) is 4.98 Å². The van der Waals surface area contributed by atoms with Gasteiger partial charge in [0.2, 0.25) is 0 Å². The highest BCUT2D eigenvalue weighted by Crippen LogP contribution is 2.44. The Hall–Kier alpha value is -2.46. The first-order valence-corrected chi connectivity index (χ1v) is 14.5. The lowest BCUT2D eigenvalue weighted by atomic mass is 10.0. The number of hydrogen-bond acceptors (Lipinski definition) is 2. The molecule has 1 aromatic heterocycles. The van der Waals surface area contributed by atoms with Crippen molar-refractivity contribution in [2.24, 2.45) is 11.8 Å². The van der Waals surface area contributed by atoms with Crippen molar-refractivity contribution < 1.29 is 4.43 Å². The summed E-state index contributed by atoms with van der Waals surface area (Å²) in [5, 5.41) is 4.66. The van der Waals surface area contributed by atoms with E-state index in [0.29, 0.717) is 11.8 Å². The Morgan fingerprint density at radius 3 is 2.15 bits per heavy atom. The largest absolute Gasteiger partial charge is 0.407 e. The van der Waals surface area contributed by atoms with Crippen molar-refractivity contribution in [1.29, 1.82) is 0 Å². The van der Waals surface area contributed by atoms with Crippen LogP contribution in [0.3, 0.4) is 0 Å². The van der Waals surface area contributed by atoms with Crippen LogP contribution in [0.15, 0.2) is 91.1 Å². The molecule has 0 spiro atoms. The van der Waals surface area contributed by atoms with Gasteiger partial charge in [-0.1, -0.05) is 99.1 Å². The van der Waals surface area contributed by atoms with Gasteiger partial charge in [-0.2, -0.15) is 0 Å². The maximum Gasteiger partial charge on any atom is 0.261 e. The number of nitrogens with zero attached hydrogens (tertiary/aromatic N) is 1. The predicted molar refractivity (Wildman–Crippen MR) is 146 cm³/mol. The fourth-order valence-electron chi connectivity index (χ4n) is 5.40. The van der Waals surface area contributed by atoms with E-state index in [4.69, 9.17) is 16.0 Å². The Balaban J connectivity index is 1.38. The van der Waals surface area contributed by atoms with E-state index in [2.05, 4.69) is 98.6 Å². The van der Waals surface area contributed by atoms with E-state index in [1.807, 2.05) is 18.3 Å². The van der Waals surface area contributed by atoms with Crippen LogP contribution < -0.4 is 10.4 Å². The van der Waals surface area contributed by atoms with Gasteiger partial charge in [-0.25, -0.2) is 0 Å². The van der Waals surface area contributed by atoms with Crippen LogP contribution in [0, 0.1) is 11.8 Å². The van der Waals surface area contributed by atoms with Crippen molar-refractivity contribution in [3.8, 4) is 0 Å². The minimum atomic E-state index is -2.47. The standard InChI is InChI=1S/C30H32ClNOSi/c1-30(2,3)34(26-10-6-4-7-11-26,27-12-8-5-9-13-27)33-21-24-19-23(24)18-22-16-17-32-29-20-25(31)14-15-28(22)29/h4-17,20,23-24H,18-19,21H2,1-3H3/t23-,24-/m0/s1. The molecule has 3 aromatic carbocycles. The highest BCUT2D eigenvalue weighted by Gasteiger charge is 2.51. The molecular weight excluding hydrogens is 454 g/mol. The highest BCUT2D eigenvalue weighted by molar-refractivity contribution is 6.99. The summed E-state index contributed by atoms with van der Waals surface area (Å²) in [6.07, 6.45) is 4.19. The summed E-state index contributed by atoms with van der Waals surface area (Å²) < 4.78 is 7.17. The van der Waals surface area contributed by atoms with Gasteiger partial charge in [0.15, 0.2) is 0 Å². The summed E-state index contributed by atoms with van der Waals surface area (Å²) >= 11 is 6.18. The van der Waals surface area contributed by atoms with Gasteiger partial charge < -0.3 is 4.43 Å². The van der Waals surface area contributed by atoms with E-state index in [9.17, 15) is 0 Å². The van der Waals surface area contributed by atoms with E-state index in [-0.39, 0.29) is 5.04 Å². The Kier molecular flexibility index (Phi) is 6.37. The lowest BCUT2D eigenvalue weighted by Gasteiger charge is -2.43. The summed E-state index contributed by atoms with van der Waals surface area (Å²) in [7, 11) is -2.47. The van der Waals surface area contributed by atoms with Gasteiger partial charge in [0.05, 0.1) is 5.52 Å². The summed E-state index contributed by atoms with van der Waals surface area (Å²) in [6, 6.07) is 30.0. The molecule has 0 unspecified atom stereocenters. The second kappa shape index (κ2) is 9.29. The van der Waals surface area contributed by atoms with Crippen LogP contribution in [0.25, 0.3) is 10.9 Å². The van der Waals surface area contributed by atoms with Gasteiger partial charge in [0.25, 0.3) is 8.32 Å². The molecule has 2 atom stereocenters. The summed E-state index contributed by atoms with van der Waals surface area (Å²) in [4.78, 5) is 4.51. The third-order valence-electron chi connectivity index (χ3n) is 7.28. The Morgan fingerprint density at radius 1 is 0.882 bits per heavy atom. The molecule has 2 nitrogen and oxygen atoms in total. The van der Waals surface area contributed by atoms with E-state index >= 15 is 0 Å². The monoisotopic (exact) mass is 485 g/mol. The predicted octanol–water partition coefficient (Wildman–Crippen LogP) is 6.64. The summed E-state index contributed by atoms with van der Waals surface area (Å²) in [5.74, 6) is 1.25. The molecule has 0 amide bonds. The SMILES string of the molecule is CC(C)(C)[Si](OC[C@@H]1C[C@@H]1Cc1ccnc2cc(Cl)ccc12)(c1ccccc1)c1ccccc1. The molecule has 5 rings (SSSR count). The second-order valence-electron chi connectivity index (χ2n) is 10.6. The average Bonchev–Trinajstić information content (AvgIpc) is 3.57. The van der Waals surface area contributed by atoms with Crippen molar-refractivity contribution in [3.63, 3.8) is 0 Å². The molecule has 1 aliphatic rings. The Morgan fingerprint density at radius 2 is 1.53 bits per heavy atom. The van der Waals surface area contributed by atoms with Crippen molar-refractivity contribution in [2.45, 2.75) is 38.7 Å². The zero-order chi connectivity index (χ0) is 23.8. The van der Waals surface area contributed by atoms with Crippen molar-refractivity contribution in [2.75, 3.05) is 6.61 Å². The quantitative estimate of drug-likeness (QED) is 0.273. The number of hydrogen-bond donors (Lipinski definition) is 0. The molecule has 1 fully saturated rings. The molecule has 174 valence electrons. The minimum absolute atomic E-state index is 0.0145. The van der Waals surface area contributed by atoms with Crippen LogP contribution in [0.2, 0.25) is 10.1 Å². The Bertz CT molecular complexity index is 1230. The molecule has 34 heavy (non-hydrogen) atoms. The van der Waals surface area contributed by atoms with Crippen LogP contribution in [-0.4, -0.2) is 19.9 Å². The van der Waals surface area contributed by atoms with Crippen LogP contribution in [0.5, 0.6) is 0 Å². The molecule has 0 saturated heterocycles. The molecule has 4 aromatic rings. The van der Waals surface area contributed by atoms with E-state index in [1.165, 1.54) is 27.7 Å². The molecule has 1 aliphatic carbocycles. The minimum Gasteiger partial charge on any atom is -0.407 e. The zero-order valence-corrected chi connectivity index (χ0v) is 21.9. The first kappa shape index (κ1) is 23.3. The third-order valence-corrected chi connectivity index (χ3v) is 12.5. The number of halogens is 1. The van der Waals surface area contributed by atoms with Crippen molar-refractivity contribution >= 4 is 41.2 Å². The fourth-order valence-corrected chi connectivity index (χ4v) is 10.2. The van der Waals surface area contributed by atoms with Gasteiger partial charge in [0.1, 0.15) is 0 Å². The zero-order valence-electron chi connectivity index (χ0n) is 20.2. The van der Waals surface area contributed by atoms with Crippen molar-refractivity contribution in [1.82, 2.24) is 4.98 Å². The number of benzene rings is 3.